The number of hydrogen-bond acceptors (Lipinski definition) is 11. The molecule has 0 aromatic heterocycles. The molecule has 176 valence electrons. The normalized spacial score (nSPS) is 14.3. The maximum Gasteiger partial charge on any atom is 0.340 e. The van der Waals surface area contributed by atoms with Gasteiger partial charge in [0.1, 0.15) is 11.3 Å². The molecule has 34 heavy (non-hydrogen) atoms. The van der Waals surface area contributed by atoms with E-state index in [-0.39, 0.29) is 37.5 Å². The minimum Gasteiger partial charge on any atom is -0.493 e. The number of hydrazine groups is 1. The molecule has 1 saturated heterocycles. The number of anilines is 1. The van der Waals surface area contributed by atoms with E-state index >= 15 is 0 Å². The number of nitrogens with zero attached hydrogens (tertiary/aromatic N) is 3. The number of carbonyl (C=O) groups is 2. The molecule has 0 saturated carbocycles. The second kappa shape index (κ2) is 9.72. The van der Waals surface area contributed by atoms with E-state index < -0.39 is 33.1 Å². The second-order valence-corrected chi connectivity index (χ2v) is 8.09. The van der Waals surface area contributed by atoms with Gasteiger partial charge in [-0.1, -0.05) is 17.8 Å². The van der Waals surface area contributed by atoms with Crippen molar-refractivity contribution in [3.05, 3.63) is 66.6 Å². The number of rotatable bonds is 8. The van der Waals surface area contributed by atoms with Gasteiger partial charge in [0.05, 0.1) is 35.0 Å². The monoisotopic (exact) mass is 506 g/mol. The molecule has 2 aromatic carbocycles. The number of aromatic carboxylic acids is 1. The van der Waals surface area contributed by atoms with Crippen LogP contribution in [-0.4, -0.2) is 50.4 Å². The summed E-state index contributed by atoms with van der Waals surface area (Å²) in [4.78, 5) is 45.5. The largest absolute Gasteiger partial charge is 0.493 e. The summed E-state index contributed by atoms with van der Waals surface area (Å²) in [6, 6.07) is 5.75. The molecule has 1 heterocycles. The highest BCUT2D eigenvalue weighted by molar-refractivity contribution is 8.26. The Bertz CT molecular complexity index is 1280. The van der Waals surface area contributed by atoms with Crippen LogP contribution in [0.2, 0.25) is 0 Å². The van der Waals surface area contributed by atoms with Crippen molar-refractivity contribution in [3.63, 3.8) is 0 Å². The number of carboxylic acids is 1. The zero-order valence-electron chi connectivity index (χ0n) is 17.3. The number of nitro benzene ring substituents is 2. The van der Waals surface area contributed by atoms with Crippen LogP contribution in [0.25, 0.3) is 6.08 Å². The lowest BCUT2D eigenvalue weighted by Crippen LogP contribution is -2.34. The van der Waals surface area contributed by atoms with E-state index in [2.05, 4.69) is 5.43 Å². The quantitative estimate of drug-likeness (QED) is 0.231. The lowest BCUT2D eigenvalue weighted by molar-refractivity contribution is -0.393. The average molecular weight is 506 g/mol. The number of methoxy groups -OCH3 is 2. The van der Waals surface area contributed by atoms with E-state index in [0.29, 0.717) is 0 Å². The lowest BCUT2D eigenvalue weighted by atomic mass is 10.0. The molecule has 1 aliphatic heterocycles. The molecule has 1 aliphatic rings. The SMILES string of the molecule is COc1ccc(/C=C2/SC(=S)N(Nc3ccc([N+](=O)[O-])cc3[N+](=O)[O-])C2=O)c(C(=O)O)c1OC. The van der Waals surface area contributed by atoms with Crippen LogP contribution < -0.4 is 14.9 Å². The molecular weight excluding hydrogens is 492 g/mol. The predicted molar refractivity (Wildman–Crippen MR) is 125 cm³/mol. The third-order valence-corrected chi connectivity index (χ3v) is 5.80. The predicted octanol–water partition coefficient (Wildman–Crippen LogP) is 3.45. The molecule has 0 unspecified atom stereocenters. The molecular formula is C19H14N4O9S2. The van der Waals surface area contributed by atoms with Gasteiger partial charge >= 0.3 is 11.7 Å². The van der Waals surface area contributed by atoms with Crippen LogP contribution in [0.4, 0.5) is 17.1 Å². The van der Waals surface area contributed by atoms with E-state index in [1.54, 1.807) is 0 Å². The van der Waals surface area contributed by atoms with Crippen molar-refractivity contribution >= 4 is 63.3 Å². The Kier molecular flexibility index (Phi) is 6.97. The minimum atomic E-state index is -1.32. The highest BCUT2D eigenvalue weighted by atomic mass is 32.2. The van der Waals surface area contributed by atoms with Crippen LogP contribution in [0, 0.1) is 20.2 Å². The van der Waals surface area contributed by atoms with Crippen LogP contribution >= 0.6 is 24.0 Å². The number of thiocarbonyl (C=S) groups is 1. The van der Waals surface area contributed by atoms with E-state index in [9.17, 15) is 34.9 Å². The third kappa shape index (κ3) is 4.60. The Morgan fingerprint density at radius 1 is 1.18 bits per heavy atom. The number of nitrogens with one attached hydrogen (secondary N) is 1. The van der Waals surface area contributed by atoms with Crippen LogP contribution in [-0.2, 0) is 4.79 Å². The van der Waals surface area contributed by atoms with Gasteiger partial charge in [-0.25, -0.2) is 9.80 Å². The Hall–Kier alpha value is -4.24. The first-order chi connectivity index (χ1) is 16.1. The van der Waals surface area contributed by atoms with Gasteiger partial charge in [0.25, 0.3) is 11.6 Å². The van der Waals surface area contributed by atoms with Crippen LogP contribution in [0.1, 0.15) is 15.9 Å². The van der Waals surface area contributed by atoms with Gasteiger partial charge in [0.15, 0.2) is 15.8 Å². The fourth-order valence-electron chi connectivity index (χ4n) is 2.99. The third-order valence-electron chi connectivity index (χ3n) is 4.49. The minimum absolute atomic E-state index is 0.0248. The summed E-state index contributed by atoms with van der Waals surface area (Å²) in [6.07, 6.45) is 1.29. The average Bonchev–Trinajstić information content (AvgIpc) is 3.05. The number of benzene rings is 2. The van der Waals surface area contributed by atoms with Gasteiger partial charge in [-0.15, -0.1) is 0 Å². The van der Waals surface area contributed by atoms with Gasteiger partial charge in [-0.2, -0.15) is 0 Å². The molecule has 0 aliphatic carbocycles. The second-order valence-electron chi connectivity index (χ2n) is 6.42. The molecule has 0 atom stereocenters. The van der Waals surface area contributed by atoms with E-state index in [0.717, 1.165) is 35.0 Å². The smallest absolute Gasteiger partial charge is 0.340 e. The van der Waals surface area contributed by atoms with Crippen molar-refractivity contribution in [1.29, 1.82) is 0 Å². The molecule has 1 fully saturated rings. The number of nitro groups is 2. The topological polar surface area (TPSA) is 174 Å². The molecule has 0 radical (unpaired) electrons. The zero-order chi connectivity index (χ0) is 25.2. The van der Waals surface area contributed by atoms with Gasteiger partial charge in [0.2, 0.25) is 0 Å². The molecule has 3 rings (SSSR count). The van der Waals surface area contributed by atoms with Crippen LogP contribution in [0.15, 0.2) is 35.2 Å². The fraction of sp³-hybridized carbons (Fsp3) is 0.105. The number of carbonyl (C=O) groups excluding carboxylic acids is 1. The van der Waals surface area contributed by atoms with E-state index in [4.69, 9.17) is 21.7 Å². The number of non-ortho nitro benzene ring substituents is 1. The molecule has 15 heteroatoms. The van der Waals surface area contributed by atoms with Crippen molar-refractivity contribution in [3.8, 4) is 11.5 Å². The Morgan fingerprint density at radius 3 is 2.44 bits per heavy atom. The highest BCUT2D eigenvalue weighted by Crippen LogP contribution is 2.39. The van der Waals surface area contributed by atoms with Gasteiger partial charge in [0, 0.05) is 6.07 Å². The summed E-state index contributed by atoms with van der Waals surface area (Å²) < 4.78 is 10.2. The Labute approximate surface area is 200 Å². The summed E-state index contributed by atoms with van der Waals surface area (Å²) in [5, 5.41) is 32.8. The number of amides is 1. The first-order valence-corrected chi connectivity index (χ1v) is 10.3. The van der Waals surface area contributed by atoms with Crippen molar-refractivity contribution in [2.24, 2.45) is 0 Å². The Morgan fingerprint density at radius 2 is 1.88 bits per heavy atom. The number of hydrogen-bond donors (Lipinski definition) is 2. The molecule has 0 spiro atoms. The van der Waals surface area contributed by atoms with Crippen molar-refractivity contribution in [2.45, 2.75) is 0 Å². The van der Waals surface area contributed by atoms with Crippen molar-refractivity contribution in [1.82, 2.24) is 5.01 Å². The van der Waals surface area contributed by atoms with Gasteiger partial charge < -0.3 is 14.6 Å². The van der Waals surface area contributed by atoms with Crippen LogP contribution in [0.3, 0.4) is 0 Å². The van der Waals surface area contributed by atoms with Crippen molar-refractivity contribution in [2.75, 3.05) is 19.6 Å². The first-order valence-electron chi connectivity index (χ1n) is 9.04. The van der Waals surface area contributed by atoms with Gasteiger partial charge in [-0.3, -0.25) is 30.4 Å². The standard InChI is InChI=1S/C19H14N4O9S2/c1-31-13-6-3-9(15(18(25)26)16(13)32-2)7-14-17(24)21(19(33)34-14)20-11-5-4-10(22(27)28)8-12(11)23(29)30/h3-8,20H,1-2H3,(H,25,26)/b14-7+. The fourth-order valence-corrected chi connectivity index (χ4v) is 4.16. The number of carboxylic acid groups (broad SMARTS) is 1. The first kappa shape index (κ1) is 24.4. The van der Waals surface area contributed by atoms with Crippen LogP contribution in [0.5, 0.6) is 11.5 Å². The summed E-state index contributed by atoms with van der Waals surface area (Å²) in [5.41, 5.74) is 1.05. The maximum absolute atomic E-state index is 12.9. The summed E-state index contributed by atoms with van der Waals surface area (Å²) in [6.45, 7) is 0. The molecule has 2 aromatic rings. The maximum atomic E-state index is 12.9. The summed E-state index contributed by atoms with van der Waals surface area (Å²) in [7, 11) is 2.62. The molecule has 1 amide bonds. The van der Waals surface area contributed by atoms with E-state index in [1.165, 1.54) is 32.4 Å². The zero-order valence-corrected chi connectivity index (χ0v) is 19.0. The highest BCUT2D eigenvalue weighted by Gasteiger charge is 2.35. The summed E-state index contributed by atoms with van der Waals surface area (Å²) >= 11 is 6.01. The summed E-state index contributed by atoms with van der Waals surface area (Å²) in [5.74, 6) is -1.90. The lowest BCUT2D eigenvalue weighted by Gasteiger charge is -2.17. The van der Waals surface area contributed by atoms with Gasteiger partial charge in [-0.05, 0) is 36.0 Å². The number of thioether (sulfide) groups is 1. The molecule has 2 N–H and O–H groups in total. The molecule has 13 nitrogen and oxygen atoms in total. The Balaban J connectivity index is 1.99. The van der Waals surface area contributed by atoms with E-state index in [1.807, 2.05) is 0 Å². The van der Waals surface area contributed by atoms with Crippen molar-refractivity contribution < 1.29 is 34.0 Å². The number of ether oxygens (including phenoxy) is 2. The molecule has 0 bridgehead atoms.